The predicted molar refractivity (Wildman–Crippen MR) is 191 cm³/mol. The van der Waals surface area contributed by atoms with Crippen LogP contribution in [0.3, 0.4) is 0 Å². The van der Waals surface area contributed by atoms with Crippen LogP contribution in [0.25, 0.3) is 0 Å². The maximum Gasteiger partial charge on any atom is 0.320 e. The number of ether oxygens (including phenoxy) is 2. The van der Waals surface area contributed by atoms with E-state index in [-0.39, 0.29) is 6.61 Å². The second-order valence-electron chi connectivity index (χ2n) is 13.4. The first kappa shape index (κ1) is 43.9. The molecule has 0 radical (unpaired) electrons. The smallest absolute Gasteiger partial charge is 0.320 e. The average Bonchev–Trinajstić information content (AvgIpc) is 3.04. The third-order valence-electron chi connectivity index (χ3n) is 8.98. The van der Waals surface area contributed by atoms with Crippen LogP contribution in [0.15, 0.2) is 0 Å². The van der Waals surface area contributed by atoms with Crippen molar-refractivity contribution in [3.05, 3.63) is 0 Å². The van der Waals surface area contributed by atoms with E-state index in [2.05, 4.69) is 25.7 Å². The standard InChI is InChI=1S/C39H77NO5/c1-4-7-10-13-16-17-19-24-31-40(33-26-27-34-41)32-25-20-18-23-30-37(38(42)44-35-28-21-14-11-8-5-2)39(43)45-36-29-22-15-12-9-6-3/h37,41H,4-36H2,1-3H3. The van der Waals surface area contributed by atoms with Crippen LogP contribution in [-0.2, 0) is 19.1 Å². The Kier molecular flexibility index (Phi) is 34.8. The molecule has 0 rings (SSSR count). The van der Waals surface area contributed by atoms with Gasteiger partial charge in [-0.1, -0.05) is 149 Å². The van der Waals surface area contributed by atoms with Gasteiger partial charge in [-0.25, -0.2) is 0 Å². The van der Waals surface area contributed by atoms with Crippen molar-refractivity contribution in [1.29, 1.82) is 0 Å². The third-order valence-corrected chi connectivity index (χ3v) is 8.98. The van der Waals surface area contributed by atoms with Gasteiger partial charge in [0.05, 0.1) is 13.2 Å². The molecule has 0 bridgehead atoms. The Balaban J connectivity index is 4.52. The molecule has 0 unspecified atom stereocenters. The van der Waals surface area contributed by atoms with Gasteiger partial charge in [-0.2, -0.15) is 0 Å². The molecule has 0 saturated heterocycles. The summed E-state index contributed by atoms with van der Waals surface area (Å²) in [5.41, 5.74) is 0. The summed E-state index contributed by atoms with van der Waals surface area (Å²) in [6.07, 6.45) is 30.9. The number of hydrogen-bond donors (Lipinski definition) is 1. The summed E-state index contributed by atoms with van der Waals surface area (Å²) < 4.78 is 11.1. The maximum atomic E-state index is 12.9. The van der Waals surface area contributed by atoms with E-state index >= 15 is 0 Å². The third kappa shape index (κ3) is 30.0. The molecule has 0 aromatic heterocycles. The molecule has 0 heterocycles. The summed E-state index contributed by atoms with van der Waals surface area (Å²) in [6, 6.07) is 0. The molecule has 6 heteroatoms. The Morgan fingerprint density at radius 3 is 1.20 bits per heavy atom. The van der Waals surface area contributed by atoms with E-state index in [0.717, 1.165) is 83.8 Å². The molecule has 0 saturated carbocycles. The molecule has 0 aromatic rings. The zero-order valence-corrected chi connectivity index (χ0v) is 30.4. The molecular weight excluding hydrogens is 562 g/mol. The fraction of sp³-hybridized carbons (Fsp3) is 0.949. The van der Waals surface area contributed by atoms with Crippen LogP contribution in [-0.4, -0.2) is 61.4 Å². The summed E-state index contributed by atoms with van der Waals surface area (Å²) in [5, 5.41) is 9.23. The molecule has 268 valence electrons. The average molecular weight is 640 g/mol. The number of carbonyl (C=O) groups excluding carboxylic acids is 2. The Morgan fingerprint density at radius 1 is 0.467 bits per heavy atom. The molecule has 0 amide bonds. The Hall–Kier alpha value is -1.14. The van der Waals surface area contributed by atoms with Gasteiger partial charge in [0, 0.05) is 6.61 Å². The molecule has 45 heavy (non-hydrogen) atoms. The molecule has 0 aliphatic rings. The lowest BCUT2D eigenvalue weighted by Crippen LogP contribution is -2.29. The van der Waals surface area contributed by atoms with Crippen molar-refractivity contribution in [2.45, 2.75) is 194 Å². The molecule has 1 N–H and O–H groups in total. The van der Waals surface area contributed by atoms with Crippen LogP contribution >= 0.6 is 0 Å². The number of aliphatic hydroxyl groups excluding tert-OH is 1. The van der Waals surface area contributed by atoms with E-state index < -0.39 is 17.9 Å². The van der Waals surface area contributed by atoms with E-state index in [0.29, 0.717) is 19.6 Å². The van der Waals surface area contributed by atoms with Crippen LogP contribution in [0, 0.1) is 5.92 Å². The van der Waals surface area contributed by atoms with Gasteiger partial charge in [-0.05, 0) is 64.6 Å². The summed E-state index contributed by atoms with van der Waals surface area (Å²) in [4.78, 5) is 28.4. The van der Waals surface area contributed by atoms with Crippen molar-refractivity contribution < 1.29 is 24.2 Å². The first-order valence-corrected chi connectivity index (χ1v) is 19.8. The van der Waals surface area contributed by atoms with Crippen LogP contribution in [0.1, 0.15) is 194 Å². The lowest BCUT2D eigenvalue weighted by Gasteiger charge is -2.22. The van der Waals surface area contributed by atoms with Gasteiger partial charge >= 0.3 is 11.9 Å². The van der Waals surface area contributed by atoms with Gasteiger partial charge in [-0.3, -0.25) is 9.59 Å². The van der Waals surface area contributed by atoms with Crippen molar-refractivity contribution in [2.24, 2.45) is 5.92 Å². The monoisotopic (exact) mass is 640 g/mol. The molecular formula is C39H77NO5. The number of rotatable bonds is 36. The summed E-state index contributed by atoms with van der Waals surface area (Å²) in [7, 11) is 0. The van der Waals surface area contributed by atoms with Gasteiger partial charge in [0.25, 0.3) is 0 Å². The van der Waals surface area contributed by atoms with E-state index in [1.807, 2.05) is 0 Å². The molecule has 0 spiro atoms. The van der Waals surface area contributed by atoms with Gasteiger partial charge in [-0.15, -0.1) is 0 Å². The van der Waals surface area contributed by atoms with Crippen molar-refractivity contribution >= 4 is 11.9 Å². The van der Waals surface area contributed by atoms with Gasteiger partial charge < -0.3 is 19.5 Å². The Labute approximate surface area is 280 Å². The van der Waals surface area contributed by atoms with Crippen LogP contribution in [0.2, 0.25) is 0 Å². The van der Waals surface area contributed by atoms with E-state index in [1.54, 1.807) is 0 Å². The molecule has 6 nitrogen and oxygen atoms in total. The first-order chi connectivity index (χ1) is 22.1. The minimum Gasteiger partial charge on any atom is -0.465 e. The van der Waals surface area contributed by atoms with Crippen LogP contribution in [0.4, 0.5) is 0 Å². The van der Waals surface area contributed by atoms with Gasteiger partial charge in [0.1, 0.15) is 0 Å². The lowest BCUT2D eigenvalue weighted by atomic mass is 10.0. The molecule has 0 fully saturated rings. The topological polar surface area (TPSA) is 76.1 Å². The Bertz CT molecular complexity index is 599. The molecule has 0 aliphatic carbocycles. The summed E-state index contributed by atoms with van der Waals surface area (Å²) >= 11 is 0. The highest BCUT2D eigenvalue weighted by molar-refractivity contribution is 5.94. The highest BCUT2D eigenvalue weighted by atomic mass is 16.6. The zero-order valence-electron chi connectivity index (χ0n) is 30.4. The second-order valence-corrected chi connectivity index (χ2v) is 13.4. The van der Waals surface area contributed by atoms with Gasteiger partial charge in [0.2, 0.25) is 0 Å². The maximum absolute atomic E-state index is 12.9. The number of nitrogens with zero attached hydrogens (tertiary/aromatic N) is 1. The zero-order chi connectivity index (χ0) is 33.1. The normalized spacial score (nSPS) is 11.5. The second kappa shape index (κ2) is 35.7. The highest BCUT2D eigenvalue weighted by Crippen LogP contribution is 2.17. The van der Waals surface area contributed by atoms with E-state index in [9.17, 15) is 14.7 Å². The quantitative estimate of drug-likeness (QED) is 0.0418. The number of aliphatic hydroxyl groups is 1. The lowest BCUT2D eigenvalue weighted by molar-refractivity contribution is -0.162. The van der Waals surface area contributed by atoms with Crippen molar-refractivity contribution in [3.63, 3.8) is 0 Å². The number of esters is 2. The van der Waals surface area contributed by atoms with Crippen LogP contribution in [0.5, 0.6) is 0 Å². The summed E-state index contributed by atoms with van der Waals surface area (Å²) in [6.45, 7) is 11.1. The molecule has 0 atom stereocenters. The predicted octanol–water partition coefficient (Wildman–Crippen LogP) is 10.6. The molecule has 0 aliphatic heterocycles. The fourth-order valence-corrected chi connectivity index (χ4v) is 5.93. The summed E-state index contributed by atoms with van der Waals surface area (Å²) in [5.74, 6) is -1.57. The number of hydrogen-bond acceptors (Lipinski definition) is 6. The van der Waals surface area contributed by atoms with Crippen molar-refractivity contribution in [2.75, 3.05) is 39.5 Å². The fourth-order valence-electron chi connectivity index (χ4n) is 5.93. The number of unbranched alkanes of at least 4 members (excludes halogenated alkanes) is 21. The Morgan fingerprint density at radius 2 is 0.800 bits per heavy atom. The van der Waals surface area contributed by atoms with Crippen LogP contribution < -0.4 is 0 Å². The number of carbonyl (C=O) groups is 2. The van der Waals surface area contributed by atoms with E-state index in [1.165, 1.54) is 103 Å². The van der Waals surface area contributed by atoms with Gasteiger partial charge in [0.15, 0.2) is 5.92 Å². The minimum atomic E-state index is -0.790. The largest absolute Gasteiger partial charge is 0.465 e. The first-order valence-electron chi connectivity index (χ1n) is 19.8. The molecule has 0 aromatic carbocycles. The van der Waals surface area contributed by atoms with E-state index in [4.69, 9.17) is 9.47 Å². The SMILES string of the molecule is CCCCCCCCCCN(CCCCO)CCCCCCC(C(=O)OCCCCCCCC)C(=O)OCCCCCCCC. The van der Waals surface area contributed by atoms with Crippen molar-refractivity contribution in [3.8, 4) is 0 Å². The highest BCUT2D eigenvalue weighted by Gasteiger charge is 2.29. The van der Waals surface area contributed by atoms with Crippen molar-refractivity contribution in [1.82, 2.24) is 4.90 Å². The minimum absolute atomic E-state index is 0.273.